The fourth-order valence-electron chi connectivity index (χ4n) is 1.79. The van der Waals surface area contributed by atoms with Gasteiger partial charge in [-0.2, -0.15) is 5.26 Å². The summed E-state index contributed by atoms with van der Waals surface area (Å²) < 4.78 is 4.85. The maximum atomic E-state index is 11.8. The third kappa shape index (κ3) is 4.38. The lowest BCUT2D eigenvalue weighted by atomic mass is 10.1. The van der Waals surface area contributed by atoms with Crippen molar-refractivity contribution in [1.29, 1.82) is 5.26 Å². The highest BCUT2D eigenvalue weighted by atomic mass is 16.6. The van der Waals surface area contributed by atoms with Crippen LogP contribution in [-0.2, 0) is 9.53 Å². The van der Waals surface area contributed by atoms with Crippen LogP contribution in [0.4, 0.5) is 11.4 Å². The molecule has 0 radical (unpaired) electrons. The fraction of sp³-hybridized carbons (Fsp3) is 0.0625. The summed E-state index contributed by atoms with van der Waals surface area (Å²) in [6.07, 6.45) is 0. The second-order valence-electron chi connectivity index (χ2n) is 4.62. The summed E-state index contributed by atoms with van der Waals surface area (Å²) >= 11 is 0. The van der Waals surface area contributed by atoms with Gasteiger partial charge in [0.05, 0.1) is 22.1 Å². The number of rotatable bonds is 5. The van der Waals surface area contributed by atoms with Crippen molar-refractivity contribution >= 4 is 23.3 Å². The van der Waals surface area contributed by atoms with E-state index < -0.39 is 23.4 Å². The summed E-state index contributed by atoms with van der Waals surface area (Å²) in [7, 11) is 0. The maximum Gasteiger partial charge on any atom is 0.338 e. The van der Waals surface area contributed by atoms with E-state index in [4.69, 9.17) is 10.00 Å². The highest BCUT2D eigenvalue weighted by molar-refractivity contribution is 5.95. The third-order valence-electron chi connectivity index (χ3n) is 2.92. The van der Waals surface area contributed by atoms with Gasteiger partial charge in [0, 0.05) is 17.8 Å². The van der Waals surface area contributed by atoms with Crippen molar-refractivity contribution in [3.63, 3.8) is 0 Å². The van der Waals surface area contributed by atoms with Crippen molar-refractivity contribution in [2.75, 3.05) is 11.9 Å². The number of nitriles is 1. The van der Waals surface area contributed by atoms with E-state index in [1.807, 2.05) is 6.07 Å². The molecule has 24 heavy (non-hydrogen) atoms. The molecule has 0 atom stereocenters. The Hall–Kier alpha value is -3.73. The number of amides is 1. The van der Waals surface area contributed by atoms with Crippen LogP contribution in [0.15, 0.2) is 48.5 Å². The lowest BCUT2D eigenvalue weighted by Crippen LogP contribution is -2.20. The van der Waals surface area contributed by atoms with Crippen LogP contribution in [0, 0.1) is 21.4 Å². The summed E-state index contributed by atoms with van der Waals surface area (Å²) in [5, 5.41) is 21.7. The predicted octanol–water partition coefficient (Wildman–Crippen LogP) is 2.26. The van der Waals surface area contributed by atoms with Crippen molar-refractivity contribution in [2.45, 2.75) is 0 Å². The quantitative estimate of drug-likeness (QED) is 0.511. The molecule has 0 aliphatic heterocycles. The molecule has 2 aromatic rings. The predicted molar refractivity (Wildman–Crippen MR) is 83.2 cm³/mol. The smallest absolute Gasteiger partial charge is 0.338 e. The summed E-state index contributed by atoms with van der Waals surface area (Å²) in [6.45, 7) is -0.540. The zero-order chi connectivity index (χ0) is 17.5. The first kappa shape index (κ1) is 16.6. The van der Waals surface area contributed by atoms with Gasteiger partial charge in [0.15, 0.2) is 6.61 Å². The number of carbonyl (C=O) groups is 2. The molecule has 0 heterocycles. The molecule has 0 saturated heterocycles. The molecular formula is C16H11N3O5. The Morgan fingerprint density at radius 1 is 1.21 bits per heavy atom. The van der Waals surface area contributed by atoms with E-state index in [9.17, 15) is 19.7 Å². The van der Waals surface area contributed by atoms with Crippen molar-refractivity contribution in [3.05, 3.63) is 69.8 Å². The molecule has 0 fully saturated rings. The molecule has 0 aliphatic rings. The van der Waals surface area contributed by atoms with Gasteiger partial charge < -0.3 is 10.1 Å². The minimum absolute atomic E-state index is 0.164. The van der Waals surface area contributed by atoms with Crippen LogP contribution in [0.2, 0.25) is 0 Å². The van der Waals surface area contributed by atoms with Crippen LogP contribution in [0.3, 0.4) is 0 Å². The molecule has 0 bridgehead atoms. The summed E-state index contributed by atoms with van der Waals surface area (Å²) in [5.74, 6) is -1.34. The van der Waals surface area contributed by atoms with E-state index in [2.05, 4.69) is 5.32 Å². The van der Waals surface area contributed by atoms with Gasteiger partial charge in [0.1, 0.15) is 0 Å². The lowest BCUT2D eigenvalue weighted by molar-refractivity contribution is -0.384. The van der Waals surface area contributed by atoms with E-state index >= 15 is 0 Å². The molecule has 2 rings (SSSR count). The number of nitro benzene ring substituents is 1. The molecule has 0 spiro atoms. The molecular weight excluding hydrogens is 314 g/mol. The van der Waals surface area contributed by atoms with Gasteiger partial charge in [-0.25, -0.2) is 4.79 Å². The monoisotopic (exact) mass is 325 g/mol. The first-order valence-electron chi connectivity index (χ1n) is 6.71. The Morgan fingerprint density at radius 3 is 2.54 bits per heavy atom. The molecule has 0 unspecified atom stereocenters. The number of anilines is 1. The maximum absolute atomic E-state index is 11.8. The molecule has 0 aliphatic carbocycles. The summed E-state index contributed by atoms with van der Waals surface area (Å²) in [4.78, 5) is 33.6. The van der Waals surface area contributed by atoms with Crippen LogP contribution in [0.5, 0.6) is 0 Å². The number of esters is 1. The first-order valence-corrected chi connectivity index (χ1v) is 6.71. The lowest BCUT2D eigenvalue weighted by Gasteiger charge is -2.06. The molecule has 2 aromatic carbocycles. The van der Waals surface area contributed by atoms with E-state index in [1.165, 1.54) is 48.5 Å². The van der Waals surface area contributed by atoms with E-state index in [0.29, 0.717) is 5.56 Å². The Labute approximate surface area is 136 Å². The van der Waals surface area contributed by atoms with Crippen molar-refractivity contribution in [1.82, 2.24) is 0 Å². The zero-order valence-electron chi connectivity index (χ0n) is 12.3. The van der Waals surface area contributed by atoms with E-state index in [0.717, 1.165) is 0 Å². The average Bonchev–Trinajstić information content (AvgIpc) is 2.60. The largest absolute Gasteiger partial charge is 0.452 e. The molecule has 0 aromatic heterocycles. The van der Waals surface area contributed by atoms with Gasteiger partial charge in [-0.3, -0.25) is 14.9 Å². The summed E-state index contributed by atoms with van der Waals surface area (Å²) in [6, 6.07) is 13.1. The molecule has 1 N–H and O–H groups in total. The van der Waals surface area contributed by atoms with Gasteiger partial charge in [-0.05, 0) is 30.3 Å². The second kappa shape index (κ2) is 7.51. The molecule has 1 amide bonds. The number of nitrogens with one attached hydrogen (secondary N) is 1. The molecule has 0 saturated carbocycles. The number of ether oxygens (including phenoxy) is 1. The fourth-order valence-corrected chi connectivity index (χ4v) is 1.79. The normalized spacial score (nSPS) is 9.62. The van der Waals surface area contributed by atoms with Crippen LogP contribution < -0.4 is 5.32 Å². The minimum atomic E-state index is -0.714. The van der Waals surface area contributed by atoms with Crippen molar-refractivity contribution in [2.24, 2.45) is 0 Å². The first-order chi connectivity index (χ1) is 11.5. The Morgan fingerprint density at radius 2 is 1.92 bits per heavy atom. The Bertz CT molecular complexity index is 824. The van der Waals surface area contributed by atoms with Crippen molar-refractivity contribution in [3.8, 4) is 6.07 Å². The zero-order valence-corrected chi connectivity index (χ0v) is 12.3. The Balaban J connectivity index is 1.90. The molecule has 8 nitrogen and oxygen atoms in total. The average molecular weight is 325 g/mol. The van der Waals surface area contributed by atoms with Gasteiger partial charge in [-0.15, -0.1) is 0 Å². The number of nitro groups is 1. The van der Waals surface area contributed by atoms with Gasteiger partial charge >= 0.3 is 5.97 Å². The SMILES string of the molecule is N#Cc1ccc(C(=O)OCC(=O)Nc2cccc([N+](=O)[O-])c2)cc1. The minimum Gasteiger partial charge on any atom is -0.452 e. The third-order valence-corrected chi connectivity index (χ3v) is 2.92. The number of non-ortho nitro benzene ring substituents is 1. The Kier molecular flexibility index (Phi) is 5.20. The standard InChI is InChI=1S/C16H11N3O5/c17-9-11-4-6-12(7-5-11)16(21)24-10-15(20)18-13-2-1-3-14(8-13)19(22)23/h1-8H,10H2,(H,18,20). The number of hydrogen-bond acceptors (Lipinski definition) is 6. The number of hydrogen-bond donors (Lipinski definition) is 1. The van der Waals surface area contributed by atoms with E-state index in [-0.39, 0.29) is 16.9 Å². The number of benzene rings is 2. The highest BCUT2D eigenvalue weighted by Gasteiger charge is 2.12. The van der Waals surface area contributed by atoms with Gasteiger partial charge in [-0.1, -0.05) is 6.07 Å². The van der Waals surface area contributed by atoms with Gasteiger partial charge in [0.25, 0.3) is 11.6 Å². The van der Waals surface area contributed by atoms with Gasteiger partial charge in [0.2, 0.25) is 0 Å². The highest BCUT2D eigenvalue weighted by Crippen LogP contribution is 2.16. The van der Waals surface area contributed by atoms with Crippen LogP contribution in [-0.4, -0.2) is 23.4 Å². The second-order valence-corrected chi connectivity index (χ2v) is 4.62. The van der Waals surface area contributed by atoms with Crippen LogP contribution in [0.1, 0.15) is 15.9 Å². The number of carbonyl (C=O) groups excluding carboxylic acids is 2. The van der Waals surface area contributed by atoms with Crippen LogP contribution in [0.25, 0.3) is 0 Å². The summed E-state index contributed by atoms with van der Waals surface area (Å²) in [5.41, 5.74) is 0.665. The number of nitrogens with zero attached hydrogens (tertiary/aromatic N) is 2. The topological polar surface area (TPSA) is 122 Å². The molecule has 8 heteroatoms. The van der Waals surface area contributed by atoms with E-state index in [1.54, 1.807) is 0 Å². The molecule has 120 valence electrons. The van der Waals surface area contributed by atoms with Crippen molar-refractivity contribution < 1.29 is 19.2 Å². The van der Waals surface area contributed by atoms with Crippen LogP contribution >= 0.6 is 0 Å².